The molecule has 2 amide bonds. The monoisotopic (exact) mass is 505 g/mol. The van der Waals surface area contributed by atoms with Crippen molar-refractivity contribution in [3.8, 4) is 11.5 Å². The fourth-order valence-electron chi connectivity index (χ4n) is 3.03. The first-order valence-corrected chi connectivity index (χ1v) is 11.4. The predicted molar refractivity (Wildman–Crippen MR) is 129 cm³/mol. The SMILES string of the molecule is COc1ccc(C(=O)N[C@H](CO)c2nnc(SCC(=O)Nc3cc(Cl)ccc3OC)n2C)cc1. The molecule has 0 bridgehead atoms. The van der Waals surface area contributed by atoms with Crippen LogP contribution in [0.5, 0.6) is 11.5 Å². The van der Waals surface area contributed by atoms with Gasteiger partial charge in [-0.25, -0.2) is 0 Å². The van der Waals surface area contributed by atoms with Gasteiger partial charge in [0, 0.05) is 17.6 Å². The van der Waals surface area contributed by atoms with Gasteiger partial charge in [0.25, 0.3) is 5.91 Å². The van der Waals surface area contributed by atoms with Crippen LogP contribution in [0, 0.1) is 0 Å². The van der Waals surface area contributed by atoms with E-state index in [-0.39, 0.29) is 24.2 Å². The van der Waals surface area contributed by atoms with Gasteiger partial charge in [-0.2, -0.15) is 0 Å². The number of hydrogen-bond acceptors (Lipinski definition) is 8. The lowest BCUT2D eigenvalue weighted by Gasteiger charge is -2.16. The van der Waals surface area contributed by atoms with Crippen molar-refractivity contribution in [3.05, 3.63) is 58.9 Å². The molecule has 10 nitrogen and oxygen atoms in total. The van der Waals surface area contributed by atoms with Gasteiger partial charge in [-0.15, -0.1) is 10.2 Å². The third-order valence-electron chi connectivity index (χ3n) is 4.79. The molecule has 0 saturated carbocycles. The number of anilines is 1. The fraction of sp³-hybridized carbons (Fsp3) is 0.273. The van der Waals surface area contributed by atoms with E-state index in [0.717, 1.165) is 11.8 Å². The summed E-state index contributed by atoms with van der Waals surface area (Å²) in [5, 5.41) is 24.4. The highest BCUT2D eigenvalue weighted by atomic mass is 35.5. The third-order valence-corrected chi connectivity index (χ3v) is 6.04. The molecule has 0 radical (unpaired) electrons. The Hall–Kier alpha value is -3.28. The van der Waals surface area contributed by atoms with Crippen molar-refractivity contribution in [2.75, 3.05) is 31.9 Å². The summed E-state index contributed by atoms with van der Waals surface area (Å²) in [6, 6.07) is 10.7. The van der Waals surface area contributed by atoms with Crippen molar-refractivity contribution >= 4 is 40.9 Å². The standard InChI is InChI=1S/C22H24ClN5O5S/c1-28-20(17(11-29)25-21(31)13-4-7-15(32-2)8-5-13)26-27-22(28)34-12-19(30)24-16-10-14(23)6-9-18(16)33-3/h4-10,17,29H,11-12H2,1-3H3,(H,24,30)(H,25,31)/t17-/m1/s1. The van der Waals surface area contributed by atoms with Crippen LogP contribution in [0.4, 0.5) is 5.69 Å². The topological polar surface area (TPSA) is 128 Å². The highest BCUT2D eigenvalue weighted by Crippen LogP contribution is 2.28. The number of amides is 2. The maximum atomic E-state index is 12.6. The molecule has 1 atom stereocenters. The van der Waals surface area contributed by atoms with Gasteiger partial charge < -0.3 is 29.8 Å². The number of methoxy groups -OCH3 is 2. The number of carbonyl (C=O) groups is 2. The fourth-order valence-corrected chi connectivity index (χ4v) is 3.92. The van der Waals surface area contributed by atoms with E-state index in [9.17, 15) is 14.7 Å². The molecule has 0 aliphatic rings. The second-order valence-corrected chi connectivity index (χ2v) is 8.40. The van der Waals surface area contributed by atoms with E-state index in [2.05, 4.69) is 20.8 Å². The molecule has 0 spiro atoms. The lowest BCUT2D eigenvalue weighted by Crippen LogP contribution is -2.32. The summed E-state index contributed by atoms with van der Waals surface area (Å²) < 4.78 is 11.9. The molecule has 3 N–H and O–H groups in total. The second kappa shape index (κ2) is 11.7. The number of thioether (sulfide) groups is 1. The average Bonchev–Trinajstić information content (AvgIpc) is 3.21. The second-order valence-electron chi connectivity index (χ2n) is 7.02. The van der Waals surface area contributed by atoms with Crippen LogP contribution in [0.25, 0.3) is 0 Å². The Labute approximate surface area is 205 Å². The number of nitrogens with one attached hydrogen (secondary N) is 2. The van der Waals surface area contributed by atoms with E-state index < -0.39 is 6.04 Å². The van der Waals surface area contributed by atoms with E-state index in [1.165, 1.54) is 14.2 Å². The molecule has 0 fully saturated rings. The molecule has 0 aliphatic heterocycles. The van der Waals surface area contributed by atoms with Gasteiger partial charge in [0.05, 0.1) is 32.3 Å². The molecule has 0 unspecified atom stereocenters. The van der Waals surface area contributed by atoms with Crippen LogP contribution in [-0.2, 0) is 11.8 Å². The van der Waals surface area contributed by atoms with Crippen molar-refractivity contribution in [1.82, 2.24) is 20.1 Å². The number of benzene rings is 2. The predicted octanol–water partition coefficient (Wildman–Crippen LogP) is 2.68. The molecular weight excluding hydrogens is 482 g/mol. The number of aliphatic hydroxyl groups excluding tert-OH is 1. The zero-order valence-electron chi connectivity index (χ0n) is 18.7. The Morgan fingerprint density at radius 3 is 2.53 bits per heavy atom. The first-order valence-electron chi connectivity index (χ1n) is 10.1. The van der Waals surface area contributed by atoms with Gasteiger partial charge in [-0.1, -0.05) is 23.4 Å². The van der Waals surface area contributed by atoms with Gasteiger partial charge in [0.1, 0.15) is 17.5 Å². The van der Waals surface area contributed by atoms with E-state index in [4.69, 9.17) is 21.1 Å². The first kappa shape index (κ1) is 25.3. The maximum absolute atomic E-state index is 12.6. The van der Waals surface area contributed by atoms with Crippen molar-refractivity contribution in [1.29, 1.82) is 0 Å². The van der Waals surface area contributed by atoms with Crippen molar-refractivity contribution in [3.63, 3.8) is 0 Å². The summed E-state index contributed by atoms with van der Waals surface area (Å²) in [5.74, 6) is 0.841. The van der Waals surface area contributed by atoms with Crippen molar-refractivity contribution < 1.29 is 24.2 Å². The highest BCUT2D eigenvalue weighted by Gasteiger charge is 2.22. The molecule has 0 aliphatic carbocycles. The van der Waals surface area contributed by atoms with Gasteiger partial charge >= 0.3 is 0 Å². The number of hydrogen-bond donors (Lipinski definition) is 3. The number of aromatic nitrogens is 3. The van der Waals surface area contributed by atoms with Crippen LogP contribution in [-0.4, -0.2) is 58.3 Å². The summed E-state index contributed by atoms with van der Waals surface area (Å²) in [6.07, 6.45) is 0. The van der Waals surface area contributed by atoms with Gasteiger partial charge in [0.15, 0.2) is 11.0 Å². The molecule has 1 heterocycles. The van der Waals surface area contributed by atoms with Crippen molar-refractivity contribution in [2.45, 2.75) is 11.2 Å². The van der Waals surface area contributed by atoms with E-state index in [1.807, 2.05) is 0 Å². The van der Waals surface area contributed by atoms with Crippen LogP contribution >= 0.6 is 23.4 Å². The molecule has 1 aromatic heterocycles. The van der Waals surface area contributed by atoms with E-state index in [1.54, 1.807) is 54.1 Å². The Bertz CT molecular complexity index is 1160. The molecule has 12 heteroatoms. The number of halogens is 1. The van der Waals surface area contributed by atoms with Crippen LogP contribution in [0.2, 0.25) is 5.02 Å². The molecule has 3 aromatic rings. The van der Waals surface area contributed by atoms with Crippen molar-refractivity contribution in [2.24, 2.45) is 7.05 Å². The Kier molecular flexibility index (Phi) is 8.74. The number of nitrogens with zero attached hydrogens (tertiary/aromatic N) is 3. The lowest BCUT2D eigenvalue weighted by atomic mass is 10.2. The third kappa shape index (κ3) is 6.19. The minimum absolute atomic E-state index is 0.0453. The minimum Gasteiger partial charge on any atom is -0.497 e. The molecule has 0 saturated heterocycles. The zero-order chi connectivity index (χ0) is 24.7. The van der Waals surface area contributed by atoms with Crippen LogP contribution in [0.1, 0.15) is 22.2 Å². The Morgan fingerprint density at radius 2 is 1.88 bits per heavy atom. The molecule has 3 rings (SSSR count). The lowest BCUT2D eigenvalue weighted by molar-refractivity contribution is -0.113. The highest BCUT2D eigenvalue weighted by molar-refractivity contribution is 7.99. The smallest absolute Gasteiger partial charge is 0.251 e. The molecule has 34 heavy (non-hydrogen) atoms. The average molecular weight is 506 g/mol. The van der Waals surface area contributed by atoms with Crippen LogP contribution in [0.15, 0.2) is 47.6 Å². The first-order chi connectivity index (χ1) is 16.4. The summed E-state index contributed by atoms with van der Waals surface area (Å²) in [7, 11) is 4.73. The maximum Gasteiger partial charge on any atom is 0.251 e. The minimum atomic E-state index is -0.786. The zero-order valence-corrected chi connectivity index (χ0v) is 20.3. The van der Waals surface area contributed by atoms with Crippen LogP contribution in [0.3, 0.4) is 0 Å². The van der Waals surface area contributed by atoms with Gasteiger partial charge in [-0.3, -0.25) is 9.59 Å². The summed E-state index contributed by atoms with van der Waals surface area (Å²) in [5.41, 5.74) is 0.866. The number of rotatable bonds is 10. The molecule has 180 valence electrons. The normalized spacial score (nSPS) is 11.6. The number of carbonyl (C=O) groups excluding carboxylic acids is 2. The summed E-state index contributed by atoms with van der Waals surface area (Å²) >= 11 is 7.15. The van der Waals surface area contributed by atoms with E-state index in [0.29, 0.717) is 38.8 Å². The quantitative estimate of drug-likeness (QED) is 0.359. The Balaban J connectivity index is 1.63. The molecular formula is C22H24ClN5O5S. The van der Waals surface area contributed by atoms with Crippen LogP contribution < -0.4 is 20.1 Å². The Morgan fingerprint density at radius 1 is 1.15 bits per heavy atom. The number of aliphatic hydroxyl groups is 1. The molecule has 2 aromatic carbocycles. The number of ether oxygens (including phenoxy) is 2. The van der Waals surface area contributed by atoms with Gasteiger partial charge in [-0.05, 0) is 42.5 Å². The largest absolute Gasteiger partial charge is 0.497 e. The summed E-state index contributed by atoms with van der Waals surface area (Å²) in [4.78, 5) is 25.0. The van der Waals surface area contributed by atoms with Gasteiger partial charge in [0.2, 0.25) is 5.91 Å². The summed E-state index contributed by atoms with van der Waals surface area (Å²) in [6.45, 7) is -0.381. The van der Waals surface area contributed by atoms with E-state index >= 15 is 0 Å².